The molecule has 0 heterocycles. The second-order valence-electron chi connectivity index (χ2n) is 5.25. The van der Waals surface area contributed by atoms with E-state index in [1.54, 1.807) is 0 Å². The Morgan fingerprint density at radius 2 is 2.00 bits per heavy atom. The van der Waals surface area contributed by atoms with Crippen molar-refractivity contribution in [2.24, 2.45) is 5.92 Å². The molecule has 0 bridgehead atoms. The quantitative estimate of drug-likeness (QED) is 0.483. The van der Waals surface area contributed by atoms with E-state index in [0.717, 1.165) is 25.5 Å². The van der Waals surface area contributed by atoms with Crippen molar-refractivity contribution in [2.75, 3.05) is 26.9 Å². The number of carbonyl (C=O) groups is 1. The van der Waals surface area contributed by atoms with Gasteiger partial charge in [0.1, 0.15) is 5.54 Å². The first kappa shape index (κ1) is 17.4. The van der Waals surface area contributed by atoms with Gasteiger partial charge in [0, 0.05) is 13.2 Å². The van der Waals surface area contributed by atoms with E-state index in [1.807, 2.05) is 13.8 Å². The lowest BCUT2D eigenvalue weighted by Crippen LogP contribution is -2.50. The standard InChI is InChI=1S/C14H29NO3/c1-6-15-14(4,13(16)17-5)9-11-18-10-7-8-12(2)3/h12,15H,6-11H2,1-5H3. The summed E-state index contributed by atoms with van der Waals surface area (Å²) in [4.78, 5) is 11.7. The summed E-state index contributed by atoms with van der Waals surface area (Å²) in [6.45, 7) is 10.3. The molecule has 1 N–H and O–H groups in total. The van der Waals surface area contributed by atoms with Gasteiger partial charge in [-0.1, -0.05) is 20.8 Å². The lowest BCUT2D eigenvalue weighted by atomic mass is 9.98. The Hall–Kier alpha value is -0.610. The highest BCUT2D eigenvalue weighted by molar-refractivity contribution is 5.80. The zero-order valence-corrected chi connectivity index (χ0v) is 12.5. The lowest BCUT2D eigenvalue weighted by molar-refractivity contribution is -0.148. The van der Waals surface area contributed by atoms with Crippen molar-refractivity contribution in [3.63, 3.8) is 0 Å². The summed E-state index contributed by atoms with van der Waals surface area (Å²) < 4.78 is 10.4. The first-order chi connectivity index (χ1) is 8.46. The van der Waals surface area contributed by atoms with Gasteiger partial charge in [-0.05, 0) is 38.6 Å². The van der Waals surface area contributed by atoms with Crippen LogP contribution in [0, 0.1) is 5.92 Å². The Morgan fingerprint density at radius 1 is 1.33 bits per heavy atom. The Balaban J connectivity index is 3.87. The summed E-state index contributed by atoms with van der Waals surface area (Å²) in [6, 6.07) is 0. The molecule has 108 valence electrons. The normalized spacial score (nSPS) is 14.6. The number of methoxy groups -OCH3 is 1. The van der Waals surface area contributed by atoms with Crippen LogP contribution in [0.5, 0.6) is 0 Å². The third-order valence-electron chi connectivity index (χ3n) is 3.02. The number of nitrogens with one attached hydrogen (secondary N) is 1. The number of carbonyl (C=O) groups excluding carboxylic acids is 1. The molecular formula is C14H29NO3. The summed E-state index contributed by atoms with van der Waals surface area (Å²) in [5.41, 5.74) is -0.637. The fourth-order valence-electron chi connectivity index (χ4n) is 1.85. The molecule has 0 aromatic carbocycles. The van der Waals surface area contributed by atoms with E-state index in [0.29, 0.717) is 13.0 Å². The van der Waals surface area contributed by atoms with Gasteiger partial charge < -0.3 is 14.8 Å². The maximum atomic E-state index is 11.7. The van der Waals surface area contributed by atoms with E-state index in [2.05, 4.69) is 19.2 Å². The van der Waals surface area contributed by atoms with Crippen molar-refractivity contribution >= 4 is 5.97 Å². The molecular weight excluding hydrogens is 230 g/mol. The number of rotatable bonds is 10. The van der Waals surface area contributed by atoms with Gasteiger partial charge in [0.15, 0.2) is 0 Å². The van der Waals surface area contributed by atoms with Crippen LogP contribution in [0.3, 0.4) is 0 Å². The Kier molecular flexibility index (Phi) is 9.02. The van der Waals surface area contributed by atoms with Crippen LogP contribution < -0.4 is 5.32 Å². The maximum Gasteiger partial charge on any atom is 0.325 e. The fraction of sp³-hybridized carbons (Fsp3) is 0.929. The zero-order valence-electron chi connectivity index (χ0n) is 12.5. The van der Waals surface area contributed by atoms with Crippen molar-refractivity contribution in [1.82, 2.24) is 5.32 Å². The largest absolute Gasteiger partial charge is 0.468 e. The van der Waals surface area contributed by atoms with Crippen molar-refractivity contribution in [3.8, 4) is 0 Å². The average Bonchev–Trinajstić information content (AvgIpc) is 2.32. The summed E-state index contributed by atoms with van der Waals surface area (Å²) >= 11 is 0. The average molecular weight is 259 g/mol. The highest BCUT2D eigenvalue weighted by Crippen LogP contribution is 2.12. The molecule has 0 aliphatic heterocycles. The second kappa shape index (κ2) is 9.34. The van der Waals surface area contributed by atoms with Gasteiger partial charge in [-0.25, -0.2) is 0 Å². The molecule has 0 aromatic rings. The summed E-state index contributed by atoms with van der Waals surface area (Å²) in [7, 11) is 1.42. The molecule has 0 saturated heterocycles. The number of ether oxygens (including phenoxy) is 2. The molecule has 18 heavy (non-hydrogen) atoms. The van der Waals surface area contributed by atoms with E-state index in [-0.39, 0.29) is 5.97 Å². The van der Waals surface area contributed by atoms with E-state index < -0.39 is 5.54 Å². The van der Waals surface area contributed by atoms with Crippen LogP contribution in [0.1, 0.15) is 47.0 Å². The summed E-state index contributed by atoms with van der Waals surface area (Å²) in [5.74, 6) is 0.492. The van der Waals surface area contributed by atoms with Crippen LogP contribution in [-0.4, -0.2) is 38.4 Å². The molecule has 1 unspecified atom stereocenters. The van der Waals surface area contributed by atoms with Crippen LogP contribution >= 0.6 is 0 Å². The number of likely N-dealkylation sites (N-methyl/N-ethyl adjacent to an activating group) is 1. The molecule has 0 amide bonds. The van der Waals surface area contributed by atoms with Gasteiger partial charge in [0.25, 0.3) is 0 Å². The van der Waals surface area contributed by atoms with Crippen molar-refractivity contribution < 1.29 is 14.3 Å². The van der Waals surface area contributed by atoms with Crippen LogP contribution in [0.4, 0.5) is 0 Å². The van der Waals surface area contributed by atoms with Gasteiger partial charge in [-0.3, -0.25) is 4.79 Å². The second-order valence-corrected chi connectivity index (χ2v) is 5.25. The highest BCUT2D eigenvalue weighted by atomic mass is 16.5. The molecule has 0 aromatic heterocycles. The topological polar surface area (TPSA) is 47.6 Å². The third-order valence-corrected chi connectivity index (χ3v) is 3.02. The Labute approximate surface area is 111 Å². The molecule has 0 rings (SSSR count). The maximum absolute atomic E-state index is 11.7. The molecule has 0 aliphatic rings. The fourth-order valence-corrected chi connectivity index (χ4v) is 1.85. The van der Waals surface area contributed by atoms with Crippen LogP contribution in [0.25, 0.3) is 0 Å². The van der Waals surface area contributed by atoms with Gasteiger partial charge in [-0.2, -0.15) is 0 Å². The minimum Gasteiger partial charge on any atom is -0.468 e. The minimum atomic E-state index is -0.637. The first-order valence-electron chi connectivity index (χ1n) is 6.87. The SMILES string of the molecule is CCNC(C)(CCOCCCC(C)C)C(=O)OC. The molecule has 4 nitrogen and oxygen atoms in total. The summed E-state index contributed by atoms with van der Waals surface area (Å²) in [6.07, 6.45) is 2.89. The number of hydrogen-bond donors (Lipinski definition) is 1. The third kappa shape index (κ3) is 6.97. The van der Waals surface area contributed by atoms with E-state index in [9.17, 15) is 4.79 Å². The Morgan fingerprint density at radius 3 is 2.50 bits per heavy atom. The minimum absolute atomic E-state index is 0.227. The van der Waals surface area contributed by atoms with Crippen molar-refractivity contribution in [3.05, 3.63) is 0 Å². The van der Waals surface area contributed by atoms with Gasteiger partial charge >= 0.3 is 5.97 Å². The predicted octanol–water partition coefficient (Wildman–Crippen LogP) is 2.37. The van der Waals surface area contributed by atoms with Crippen LogP contribution in [-0.2, 0) is 14.3 Å². The lowest BCUT2D eigenvalue weighted by Gasteiger charge is -2.27. The molecule has 4 heteroatoms. The molecule has 0 fully saturated rings. The molecule has 0 saturated carbocycles. The van der Waals surface area contributed by atoms with Gasteiger partial charge in [0.2, 0.25) is 0 Å². The van der Waals surface area contributed by atoms with E-state index >= 15 is 0 Å². The Bertz CT molecular complexity index is 231. The smallest absolute Gasteiger partial charge is 0.325 e. The van der Waals surface area contributed by atoms with E-state index in [1.165, 1.54) is 13.5 Å². The molecule has 0 radical (unpaired) electrons. The number of esters is 1. The van der Waals surface area contributed by atoms with Crippen molar-refractivity contribution in [1.29, 1.82) is 0 Å². The summed E-state index contributed by atoms with van der Waals surface area (Å²) in [5, 5.41) is 3.16. The van der Waals surface area contributed by atoms with Crippen molar-refractivity contribution in [2.45, 2.75) is 52.5 Å². The first-order valence-corrected chi connectivity index (χ1v) is 6.87. The van der Waals surface area contributed by atoms with E-state index in [4.69, 9.17) is 9.47 Å². The zero-order chi connectivity index (χ0) is 14.0. The molecule has 0 spiro atoms. The highest BCUT2D eigenvalue weighted by Gasteiger charge is 2.32. The van der Waals surface area contributed by atoms with Gasteiger partial charge in [-0.15, -0.1) is 0 Å². The van der Waals surface area contributed by atoms with Crippen LogP contribution in [0.15, 0.2) is 0 Å². The predicted molar refractivity (Wildman–Crippen MR) is 73.6 cm³/mol. The van der Waals surface area contributed by atoms with Crippen LogP contribution in [0.2, 0.25) is 0 Å². The van der Waals surface area contributed by atoms with Gasteiger partial charge in [0.05, 0.1) is 7.11 Å². The molecule has 1 atom stereocenters. The molecule has 0 aliphatic carbocycles. The number of hydrogen-bond acceptors (Lipinski definition) is 4. The monoisotopic (exact) mass is 259 g/mol.